The summed E-state index contributed by atoms with van der Waals surface area (Å²) < 4.78 is 26.3. The summed E-state index contributed by atoms with van der Waals surface area (Å²) in [5.41, 5.74) is 2.84. The van der Waals surface area contributed by atoms with Crippen molar-refractivity contribution in [3.8, 4) is 11.3 Å². The van der Waals surface area contributed by atoms with Crippen molar-refractivity contribution in [2.75, 3.05) is 56.6 Å². The first-order valence-electron chi connectivity index (χ1n) is 13.1. The third kappa shape index (κ3) is 7.54. The maximum absolute atomic E-state index is 13.7. The molecule has 1 aliphatic carbocycles. The highest BCUT2D eigenvalue weighted by Gasteiger charge is 2.19. The van der Waals surface area contributed by atoms with E-state index in [9.17, 15) is 8.78 Å². The molecule has 2 aromatic heterocycles. The highest BCUT2D eigenvalue weighted by Crippen LogP contribution is 2.29. The lowest BCUT2D eigenvalue weighted by Crippen LogP contribution is -2.46. The van der Waals surface area contributed by atoms with Gasteiger partial charge >= 0.3 is 0 Å². The van der Waals surface area contributed by atoms with Crippen LogP contribution in [0.3, 0.4) is 0 Å². The predicted molar refractivity (Wildman–Crippen MR) is 137 cm³/mol. The fraction of sp³-hybridized carbons (Fsp3) is 0.654. The van der Waals surface area contributed by atoms with Gasteiger partial charge < -0.3 is 10.6 Å². The molecule has 3 heterocycles. The van der Waals surface area contributed by atoms with E-state index in [4.69, 9.17) is 9.97 Å². The van der Waals surface area contributed by atoms with Crippen LogP contribution in [-0.2, 0) is 6.54 Å². The Bertz CT molecular complexity index is 897. The standard InChI is InChI=1S/C26H39F2N7/c1-2-21(28)17-30-26-31-18-23(25(33-26)32-22-6-4-3-5-7-22)24-9-8-20(16-29-24)19-35-14-12-34(11-10-27)13-15-35/h8-9,16,18,21-22H,2-7,10-15,17,19H2,1H3,(H2,30,31,32,33)/t21-/m0/s1. The lowest BCUT2D eigenvalue weighted by molar-refractivity contribution is 0.121. The van der Waals surface area contributed by atoms with Gasteiger partial charge in [0.2, 0.25) is 5.95 Å². The van der Waals surface area contributed by atoms with Crippen LogP contribution in [0.25, 0.3) is 11.3 Å². The molecular weight excluding hydrogens is 448 g/mol. The van der Waals surface area contributed by atoms with Gasteiger partial charge in [0.05, 0.1) is 11.3 Å². The zero-order valence-corrected chi connectivity index (χ0v) is 20.9. The summed E-state index contributed by atoms with van der Waals surface area (Å²) in [7, 11) is 0. The van der Waals surface area contributed by atoms with Crippen molar-refractivity contribution in [3.05, 3.63) is 30.1 Å². The van der Waals surface area contributed by atoms with E-state index in [0.29, 0.717) is 25.0 Å². The van der Waals surface area contributed by atoms with Gasteiger partial charge in [-0.15, -0.1) is 0 Å². The van der Waals surface area contributed by atoms with Crippen molar-refractivity contribution >= 4 is 11.8 Å². The number of anilines is 2. The number of halogens is 2. The Hall–Kier alpha value is -2.39. The number of piperazine rings is 1. The first kappa shape index (κ1) is 25.7. The Morgan fingerprint density at radius 1 is 1.03 bits per heavy atom. The number of nitrogens with one attached hydrogen (secondary N) is 2. The van der Waals surface area contributed by atoms with E-state index in [1.165, 1.54) is 19.3 Å². The van der Waals surface area contributed by atoms with Gasteiger partial charge in [-0.2, -0.15) is 4.98 Å². The Morgan fingerprint density at radius 3 is 2.49 bits per heavy atom. The second-order valence-electron chi connectivity index (χ2n) is 9.68. The van der Waals surface area contributed by atoms with Crippen LogP contribution < -0.4 is 10.6 Å². The fourth-order valence-corrected chi connectivity index (χ4v) is 4.78. The molecule has 9 heteroatoms. The average molecular weight is 488 g/mol. The summed E-state index contributed by atoms with van der Waals surface area (Å²) in [5, 5.41) is 6.65. The van der Waals surface area contributed by atoms with E-state index in [1.807, 2.05) is 19.2 Å². The average Bonchev–Trinajstić information content (AvgIpc) is 2.90. The molecule has 1 saturated heterocycles. The maximum atomic E-state index is 13.7. The van der Waals surface area contributed by atoms with E-state index in [-0.39, 0.29) is 13.2 Å². The highest BCUT2D eigenvalue weighted by atomic mass is 19.1. The first-order chi connectivity index (χ1) is 17.1. The molecule has 2 N–H and O–H groups in total. The molecule has 192 valence electrons. The highest BCUT2D eigenvalue weighted by molar-refractivity contribution is 5.73. The molecule has 7 nitrogen and oxygen atoms in total. The van der Waals surface area contributed by atoms with Gasteiger partial charge in [-0.05, 0) is 30.9 Å². The minimum absolute atomic E-state index is 0.202. The summed E-state index contributed by atoms with van der Waals surface area (Å²) >= 11 is 0. The molecule has 2 fully saturated rings. The van der Waals surface area contributed by atoms with Gasteiger partial charge in [0.15, 0.2) is 0 Å². The summed E-state index contributed by atoms with van der Waals surface area (Å²) in [6, 6.07) is 4.52. The second kappa shape index (κ2) is 13.1. The van der Waals surface area contributed by atoms with Crippen molar-refractivity contribution in [2.24, 2.45) is 0 Å². The minimum Gasteiger partial charge on any atom is -0.367 e. The molecule has 2 aromatic rings. The lowest BCUT2D eigenvalue weighted by Gasteiger charge is -2.34. The van der Waals surface area contributed by atoms with Crippen molar-refractivity contribution < 1.29 is 8.78 Å². The maximum Gasteiger partial charge on any atom is 0.224 e. The summed E-state index contributed by atoms with van der Waals surface area (Å²) in [6.07, 6.45) is 9.22. The van der Waals surface area contributed by atoms with Gasteiger partial charge in [0.1, 0.15) is 18.7 Å². The molecule has 0 bridgehead atoms. The first-order valence-corrected chi connectivity index (χ1v) is 13.1. The van der Waals surface area contributed by atoms with E-state index >= 15 is 0 Å². The Labute approximate surface area is 207 Å². The molecule has 35 heavy (non-hydrogen) atoms. The molecular formula is C26H39F2N7. The van der Waals surface area contributed by atoms with Crippen molar-refractivity contribution in [1.29, 1.82) is 0 Å². The summed E-state index contributed by atoms with van der Waals surface area (Å²) in [5.74, 6) is 1.19. The molecule has 4 rings (SSSR count). The normalized spacial score (nSPS) is 18.9. The molecule has 0 unspecified atom stereocenters. The Morgan fingerprint density at radius 2 is 1.80 bits per heavy atom. The zero-order valence-electron chi connectivity index (χ0n) is 20.9. The molecule has 0 amide bonds. The third-order valence-electron chi connectivity index (χ3n) is 7.03. The SMILES string of the molecule is CC[C@H](F)CNc1ncc(-c2ccc(CN3CCN(CCF)CC3)cn2)c(NC2CCCCC2)n1. The fourth-order valence-electron chi connectivity index (χ4n) is 4.78. The summed E-state index contributed by atoms with van der Waals surface area (Å²) in [6.45, 7) is 6.82. The van der Waals surface area contributed by atoms with Crippen LogP contribution in [0.2, 0.25) is 0 Å². The molecule has 2 aliphatic rings. The van der Waals surface area contributed by atoms with Crippen LogP contribution in [0.15, 0.2) is 24.5 Å². The predicted octanol–water partition coefficient (Wildman–Crippen LogP) is 4.53. The minimum atomic E-state index is -0.922. The van der Waals surface area contributed by atoms with Crippen LogP contribution in [0.1, 0.15) is 51.0 Å². The van der Waals surface area contributed by atoms with Gasteiger partial charge in [-0.1, -0.05) is 32.3 Å². The quantitative estimate of drug-likeness (QED) is 0.483. The van der Waals surface area contributed by atoms with E-state index in [2.05, 4.69) is 31.5 Å². The van der Waals surface area contributed by atoms with E-state index in [0.717, 1.165) is 68.2 Å². The molecule has 1 aliphatic heterocycles. The van der Waals surface area contributed by atoms with Crippen LogP contribution >= 0.6 is 0 Å². The van der Waals surface area contributed by atoms with Crippen LogP contribution in [-0.4, -0.2) is 82.9 Å². The number of aromatic nitrogens is 3. The summed E-state index contributed by atoms with van der Waals surface area (Å²) in [4.78, 5) is 18.5. The van der Waals surface area contributed by atoms with Gasteiger partial charge in [-0.3, -0.25) is 14.8 Å². The number of alkyl halides is 2. The van der Waals surface area contributed by atoms with Crippen molar-refractivity contribution in [1.82, 2.24) is 24.8 Å². The third-order valence-corrected chi connectivity index (χ3v) is 7.03. The van der Waals surface area contributed by atoms with Crippen LogP contribution in [0, 0.1) is 0 Å². The molecule has 1 saturated carbocycles. The topological polar surface area (TPSA) is 69.2 Å². The molecule has 0 radical (unpaired) electrons. The molecule has 1 atom stereocenters. The Kier molecular flexibility index (Phi) is 9.59. The van der Waals surface area contributed by atoms with Crippen LogP contribution in [0.4, 0.5) is 20.5 Å². The smallest absolute Gasteiger partial charge is 0.224 e. The van der Waals surface area contributed by atoms with E-state index in [1.54, 1.807) is 6.20 Å². The largest absolute Gasteiger partial charge is 0.367 e. The van der Waals surface area contributed by atoms with Gasteiger partial charge in [0, 0.05) is 64.2 Å². The molecule has 0 spiro atoms. The lowest BCUT2D eigenvalue weighted by atomic mass is 9.95. The van der Waals surface area contributed by atoms with E-state index < -0.39 is 6.17 Å². The van der Waals surface area contributed by atoms with Gasteiger partial charge in [0.25, 0.3) is 0 Å². The van der Waals surface area contributed by atoms with Crippen molar-refractivity contribution in [2.45, 2.75) is 64.2 Å². The number of rotatable bonds is 11. The number of hydrogen-bond donors (Lipinski definition) is 2. The monoisotopic (exact) mass is 487 g/mol. The number of hydrogen-bond acceptors (Lipinski definition) is 7. The zero-order chi connectivity index (χ0) is 24.5. The number of pyridine rings is 1. The molecule has 0 aromatic carbocycles. The van der Waals surface area contributed by atoms with Gasteiger partial charge in [-0.25, -0.2) is 13.8 Å². The van der Waals surface area contributed by atoms with Crippen molar-refractivity contribution in [3.63, 3.8) is 0 Å². The van der Waals surface area contributed by atoms with Crippen LogP contribution in [0.5, 0.6) is 0 Å². The second-order valence-corrected chi connectivity index (χ2v) is 9.68. The Balaban J connectivity index is 1.44. The number of nitrogens with zero attached hydrogens (tertiary/aromatic N) is 5.